The van der Waals surface area contributed by atoms with E-state index in [-0.39, 0.29) is 5.91 Å². The Balaban J connectivity index is 1.43. The van der Waals surface area contributed by atoms with Crippen molar-refractivity contribution in [2.24, 2.45) is 0 Å². The Kier molecular flexibility index (Phi) is 4.09. The molecular formula is C19H20N4O2. The molecule has 0 bridgehead atoms. The highest BCUT2D eigenvalue weighted by atomic mass is 16.5. The van der Waals surface area contributed by atoms with E-state index in [1.807, 2.05) is 59.1 Å². The first kappa shape index (κ1) is 15.6. The van der Waals surface area contributed by atoms with Crippen LogP contribution in [0.25, 0.3) is 5.69 Å². The molecule has 128 valence electrons. The normalized spacial score (nSPS) is 13.7. The number of aryl methyl sites for hydroxylation is 2. The van der Waals surface area contributed by atoms with Crippen molar-refractivity contribution in [1.29, 1.82) is 0 Å². The molecule has 0 saturated heterocycles. The van der Waals surface area contributed by atoms with Gasteiger partial charge in [-0.05, 0) is 19.1 Å². The molecule has 1 aromatic carbocycles. The van der Waals surface area contributed by atoms with Crippen LogP contribution in [0.5, 0.6) is 0 Å². The Labute approximate surface area is 146 Å². The number of amides is 1. The minimum absolute atomic E-state index is 0.152. The lowest BCUT2D eigenvalue weighted by molar-refractivity contribution is -0.132. The Hall–Kier alpha value is -2.89. The lowest BCUT2D eigenvalue weighted by atomic mass is 10.1. The minimum Gasteiger partial charge on any atom is -0.361 e. The highest BCUT2D eigenvalue weighted by molar-refractivity contribution is 5.76. The number of aromatic nitrogens is 3. The fraction of sp³-hybridized carbons (Fsp3) is 0.316. The van der Waals surface area contributed by atoms with Gasteiger partial charge in [0.15, 0.2) is 0 Å². The molecule has 1 amide bonds. The Morgan fingerprint density at radius 3 is 2.88 bits per heavy atom. The standard InChI is InChI=1S/C19H20N4O2/c1-14-11-16(21-25-14)7-8-19(24)22-10-9-18-15(13-22)12-20-23(18)17-5-3-2-4-6-17/h2-6,11-12H,7-10,13H2,1H3. The summed E-state index contributed by atoms with van der Waals surface area (Å²) in [5.41, 5.74) is 4.22. The summed E-state index contributed by atoms with van der Waals surface area (Å²) in [6, 6.07) is 12.0. The third-order valence-electron chi connectivity index (χ3n) is 4.56. The second kappa shape index (κ2) is 6.55. The molecule has 0 spiro atoms. The summed E-state index contributed by atoms with van der Waals surface area (Å²) in [5.74, 6) is 0.928. The highest BCUT2D eigenvalue weighted by Crippen LogP contribution is 2.22. The summed E-state index contributed by atoms with van der Waals surface area (Å²) in [7, 11) is 0. The summed E-state index contributed by atoms with van der Waals surface area (Å²) >= 11 is 0. The average Bonchev–Trinajstić information content (AvgIpc) is 3.26. The number of hydrogen-bond donors (Lipinski definition) is 0. The molecule has 0 N–H and O–H groups in total. The number of carbonyl (C=O) groups is 1. The second-order valence-electron chi connectivity index (χ2n) is 6.36. The largest absolute Gasteiger partial charge is 0.361 e. The van der Waals surface area contributed by atoms with Gasteiger partial charge in [-0.2, -0.15) is 5.10 Å². The molecule has 1 aliphatic heterocycles. The molecule has 6 heteroatoms. The van der Waals surface area contributed by atoms with Gasteiger partial charge in [-0.3, -0.25) is 4.79 Å². The van der Waals surface area contributed by atoms with Gasteiger partial charge in [0.25, 0.3) is 0 Å². The number of para-hydroxylation sites is 1. The van der Waals surface area contributed by atoms with Crippen molar-refractivity contribution in [3.8, 4) is 5.69 Å². The van der Waals surface area contributed by atoms with Crippen molar-refractivity contribution in [2.75, 3.05) is 6.54 Å². The zero-order chi connectivity index (χ0) is 17.2. The SMILES string of the molecule is Cc1cc(CCC(=O)N2CCc3c(cnn3-c3ccccc3)C2)no1. The zero-order valence-electron chi connectivity index (χ0n) is 14.2. The van der Waals surface area contributed by atoms with Gasteiger partial charge in [0.1, 0.15) is 5.76 Å². The second-order valence-corrected chi connectivity index (χ2v) is 6.36. The molecule has 0 aliphatic carbocycles. The van der Waals surface area contributed by atoms with Crippen LogP contribution in [0.4, 0.5) is 0 Å². The molecule has 0 unspecified atom stereocenters. The number of hydrogen-bond acceptors (Lipinski definition) is 4. The minimum atomic E-state index is 0.152. The van der Waals surface area contributed by atoms with Crippen LogP contribution in [0.1, 0.15) is 29.1 Å². The van der Waals surface area contributed by atoms with Crippen molar-refractivity contribution in [3.05, 3.63) is 65.3 Å². The first-order valence-corrected chi connectivity index (χ1v) is 8.52. The van der Waals surface area contributed by atoms with Crippen molar-refractivity contribution >= 4 is 5.91 Å². The monoisotopic (exact) mass is 336 g/mol. The molecule has 0 fully saturated rings. The van der Waals surface area contributed by atoms with E-state index in [2.05, 4.69) is 10.3 Å². The molecule has 3 aromatic rings. The Morgan fingerprint density at radius 2 is 2.12 bits per heavy atom. The fourth-order valence-electron chi connectivity index (χ4n) is 3.27. The van der Waals surface area contributed by atoms with E-state index in [1.165, 1.54) is 5.69 Å². The first-order valence-electron chi connectivity index (χ1n) is 8.52. The summed E-state index contributed by atoms with van der Waals surface area (Å²) in [6.07, 6.45) is 3.76. The summed E-state index contributed by atoms with van der Waals surface area (Å²) in [6.45, 7) is 3.20. The summed E-state index contributed by atoms with van der Waals surface area (Å²) in [5, 5.41) is 8.46. The maximum absolute atomic E-state index is 12.5. The molecule has 25 heavy (non-hydrogen) atoms. The lowest BCUT2D eigenvalue weighted by Crippen LogP contribution is -2.36. The van der Waals surface area contributed by atoms with Crippen LogP contribution in [0, 0.1) is 6.92 Å². The Bertz CT molecular complexity index is 882. The first-order chi connectivity index (χ1) is 12.2. The van der Waals surface area contributed by atoms with Crippen LogP contribution in [0.15, 0.2) is 47.1 Å². The number of carbonyl (C=O) groups excluding carboxylic acids is 1. The Morgan fingerprint density at radius 1 is 1.28 bits per heavy atom. The van der Waals surface area contributed by atoms with Gasteiger partial charge < -0.3 is 9.42 Å². The van der Waals surface area contributed by atoms with E-state index in [1.54, 1.807) is 0 Å². The highest BCUT2D eigenvalue weighted by Gasteiger charge is 2.24. The average molecular weight is 336 g/mol. The molecule has 1 aliphatic rings. The summed E-state index contributed by atoms with van der Waals surface area (Å²) < 4.78 is 7.03. The predicted octanol–water partition coefficient (Wildman–Crippen LogP) is 2.69. The molecule has 0 atom stereocenters. The van der Waals surface area contributed by atoms with Gasteiger partial charge in [0.2, 0.25) is 5.91 Å². The van der Waals surface area contributed by atoms with E-state index in [9.17, 15) is 4.79 Å². The smallest absolute Gasteiger partial charge is 0.223 e. The van der Waals surface area contributed by atoms with Crippen LogP contribution in [-0.2, 0) is 24.2 Å². The van der Waals surface area contributed by atoms with Crippen LogP contribution >= 0.6 is 0 Å². The van der Waals surface area contributed by atoms with E-state index in [0.717, 1.165) is 35.7 Å². The van der Waals surface area contributed by atoms with Gasteiger partial charge >= 0.3 is 0 Å². The molecule has 3 heterocycles. The molecule has 0 radical (unpaired) electrons. The van der Waals surface area contributed by atoms with Crippen molar-refractivity contribution in [3.63, 3.8) is 0 Å². The van der Waals surface area contributed by atoms with E-state index >= 15 is 0 Å². The van der Waals surface area contributed by atoms with Crippen LogP contribution < -0.4 is 0 Å². The maximum Gasteiger partial charge on any atom is 0.223 e. The molecule has 4 rings (SSSR count). The number of rotatable bonds is 4. The zero-order valence-corrected chi connectivity index (χ0v) is 14.2. The van der Waals surface area contributed by atoms with Crippen LogP contribution in [-0.4, -0.2) is 32.3 Å². The van der Waals surface area contributed by atoms with Crippen LogP contribution in [0.2, 0.25) is 0 Å². The van der Waals surface area contributed by atoms with Crippen molar-refractivity contribution < 1.29 is 9.32 Å². The third-order valence-corrected chi connectivity index (χ3v) is 4.56. The molecule has 0 saturated carbocycles. The topological polar surface area (TPSA) is 64.2 Å². The van der Waals surface area contributed by atoms with Crippen molar-refractivity contribution in [1.82, 2.24) is 19.8 Å². The fourth-order valence-corrected chi connectivity index (χ4v) is 3.27. The molecule has 2 aromatic heterocycles. The maximum atomic E-state index is 12.5. The van der Waals surface area contributed by atoms with Gasteiger partial charge in [-0.15, -0.1) is 0 Å². The number of benzene rings is 1. The molecule has 6 nitrogen and oxygen atoms in total. The quantitative estimate of drug-likeness (QED) is 0.735. The van der Waals surface area contributed by atoms with Gasteiger partial charge in [-0.25, -0.2) is 4.68 Å². The van der Waals surface area contributed by atoms with Gasteiger partial charge in [0, 0.05) is 44.0 Å². The molecular weight excluding hydrogens is 316 g/mol. The predicted molar refractivity (Wildman–Crippen MR) is 92.2 cm³/mol. The summed E-state index contributed by atoms with van der Waals surface area (Å²) in [4.78, 5) is 14.4. The number of nitrogens with zero attached hydrogens (tertiary/aromatic N) is 4. The van der Waals surface area contributed by atoms with Crippen molar-refractivity contribution in [2.45, 2.75) is 32.7 Å². The third kappa shape index (κ3) is 3.20. The van der Waals surface area contributed by atoms with E-state index in [0.29, 0.717) is 19.4 Å². The lowest BCUT2D eigenvalue weighted by Gasteiger charge is -2.27. The van der Waals surface area contributed by atoms with Gasteiger partial charge in [-0.1, -0.05) is 23.4 Å². The van der Waals surface area contributed by atoms with E-state index < -0.39 is 0 Å². The van der Waals surface area contributed by atoms with E-state index in [4.69, 9.17) is 4.52 Å². The van der Waals surface area contributed by atoms with Gasteiger partial charge in [0.05, 0.1) is 23.3 Å². The number of fused-ring (bicyclic) bond motifs is 1. The van der Waals surface area contributed by atoms with Crippen LogP contribution in [0.3, 0.4) is 0 Å².